The lowest BCUT2D eigenvalue weighted by atomic mass is 10.0. The Morgan fingerprint density at radius 2 is 2.00 bits per heavy atom. The molecule has 7 heteroatoms. The third-order valence-electron chi connectivity index (χ3n) is 4.95. The molecule has 2 heterocycles. The van der Waals surface area contributed by atoms with Crippen molar-refractivity contribution >= 4 is 29.9 Å². The Morgan fingerprint density at radius 1 is 1.25 bits per heavy atom. The second-order valence-electron chi connectivity index (χ2n) is 6.94. The quantitative estimate of drug-likeness (QED) is 0.765. The monoisotopic (exact) mass is 405 g/mol. The van der Waals surface area contributed by atoms with Gasteiger partial charge >= 0.3 is 0 Å². The smallest absolute Gasteiger partial charge is 0.291 e. The van der Waals surface area contributed by atoms with Gasteiger partial charge in [0, 0.05) is 23.8 Å². The van der Waals surface area contributed by atoms with E-state index in [4.69, 9.17) is 4.42 Å². The Bertz CT molecular complexity index is 786. The largest absolute Gasteiger partial charge is 0.459 e. The highest BCUT2D eigenvalue weighted by atomic mass is 35.5. The van der Waals surface area contributed by atoms with Crippen LogP contribution in [0.15, 0.2) is 41.0 Å². The number of furan rings is 1. The van der Waals surface area contributed by atoms with Crippen molar-refractivity contribution < 1.29 is 14.0 Å². The minimum Gasteiger partial charge on any atom is -0.459 e. The van der Waals surface area contributed by atoms with E-state index < -0.39 is 0 Å². The molecule has 152 valence electrons. The maximum atomic E-state index is 13.2. The standard InChI is InChI=1S/C21H27N3O3.ClH/c1-3-12-24(17-8-10-22-11-9-17)21(26)16-7-6-15(2)18(14-16)23-20(25)19-5-4-13-27-19;/h4-7,13-14,17,22H,3,8-12H2,1-2H3,(H,23,25);1H. The predicted molar refractivity (Wildman–Crippen MR) is 112 cm³/mol. The first-order chi connectivity index (χ1) is 13.1. The molecule has 3 rings (SSSR count). The molecule has 1 aromatic carbocycles. The van der Waals surface area contributed by atoms with Crippen LogP contribution >= 0.6 is 12.4 Å². The predicted octanol–water partition coefficient (Wildman–Crippen LogP) is 3.87. The van der Waals surface area contributed by atoms with Crippen LogP contribution in [0.25, 0.3) is 0 Å². The number of amides is 2. The van der Waals surface area contributed by atoms with Gasteiger partial charge in [-0.2, -0.15) is 0 Å². The zero-order chi connectivity index (χ0) is 19.2. The molecular weight excluding hydrogens is 378 g/mol. The van der Waals surface area contributed by atoms with E-state index in [0.717, 1.165) is 44.5 Å². The first-order valence-corrected chi connectivity index (χ1v) is 9.57. The van der Waals surface area contributed by atoms with E-state index in [2.05, 4.69) is 17.6 Å². The van der Waals surface area contributed by atoms with Gasteiger partial charge in [-0.05, 0) is 69.1 Å². The summed E-state index contributed by atoms with van der Waals surface area (Å²) >= 11 is 0. The number of hydrogen-bond acceptors (Lipinski definition) is 4. The molecule has 0 bridgehead atoms. The minimum absolute atomic E-state index is 0. The third kappa shape index (κ3) is 5.14. The molecule has 28 heavy (non-hydrogen) atoms. The number of hydrogen-bond donors (Lipinski definition) is 2. The lowest BCUT2D eigenvalue weighted by Gasteiger charge is -2.34. The van der Waals surface area contributed by atoms with Crippen LogP contribution in [0.3, 0.4) is 0 Å². The number of anilines is 1. The summed E-state index contributed by atoms with van der Waals surface area (Å²) in [6.45, 7) is 6.62. The fraction of sp³-hybridized carbons (Fsp3) is 0.429. The summed E-state index contributed by atoms with van der Waals surface area (Å²) in [5, 5.41) is 6.19. The zero-order valence-electron chi connectivity index (χ0n) is 16.4. The maximum absolute atomic E-state index is 13.2. The van der Waals surface area contributed by atoms with E-state index >= 15 is 0 Å². The zero-order valence-corrected chi connectivity index (χ0v) is 17.2. The molecule has 1 aliphatic heterocycles. The fourth-order valence-electron chi connectivity index (χ4n) is 3.46. The molecule has 1 aromatic heterocycles. The van der Waals surface area contributed by atoms with Crippen LogP contribution in [0.5, 0.6) is 0 Å². The number of piperidine rings is 1. The second kappa shape index (κ2) is 10.3. The number of halogens is 1. The number of carbonyl (C=O) groups excluding carboxylic acids is 2. The van der Waals surface area contributed by atoms with Gasteiger partial charge in [0.15, 0.2) is 5.76 Å². The summed E-state index contributed by atoms with van der Waals surface area (Å²) in [7, 11) is 0. The Kier molecular flexibility index (Phi) is 8.08. The van der Waals surface area contributed by atoms with Gasteiger partial charge in [0.25, 0.3) is 11.8 Å². The Morgan fingerprint density at radius 3 is 2.64 bits per heavy atom. The number of benzene rings is 1. The summed E-state index contributed by atoms with van der Waals surface area (Å²) in [6.07, 6.45) is 4.33. The number of rotatable bonds is 6. The van der Waals surface area contributed by atoms with Gasteiger partial charge in [0.2, 0.25) is 0 Å². The lowest BCUT2D eigenvalue weighted by Crippen LogP contribution is -2.46. The van der Waals surface area contributed by atoms with E-state index in [0.29, 0.717) is 11.3 Å². The lowest BCUT2D eigenvalue weighted by molar-refractivity contribution is 0.0642. The molecular formula is C21H28ClN3O3. The summed E-state index contributed by atoms with van der Waals surface area (Å²) in [6, 6.07) is 9.02. The van der Waals surface area contributed by atoms with Crippen LogP contribution < -0.4 is 10.6 Å². The second-order valence-corrected chi connectivity index (χ2v) is 6.94. The summed E-state index contributed by atoms with van der Waals surface area (Å²) in [5.74, 6) is -0.0536. The molecule has 2 amide bonds. The molecule has 2 N–H and O–H groups in total. The fourth-order valence-corrected chi connectivity index (χ4v) is 3.46. The molecule has 0 atom stereocenters. The van der Waals surface area contributed by atoms with Gasteiger partial charge in [0.1, 0.15) is 0 Å². The van der Waals surface area contributed by atoms with Crippen LogP contribution in [-0.2, 0) is 0 Å². The van der Waals surface area contributed by atoms with Crippen LogP contribution in [0.2, 0.25) is 0 Å². The van der Waals surface area contributed by atoms with Gasteiger partial charge in [0.05, 0.1) is 6.26 Å². The Labute approximate surface area is 172 Å². The van der Waals surface area contributed by atoms with Crippen molar-refractivity contribution in [3.05, 3.63) is 53.5 Å². The van der Waals surface area contributed by atoms with Crippen molar-refractivity contribution in [2.75, 3.05) is 25.0 Å². The molecule has 0 unspecified atom stereocenters. The van der Waals surface area contributed by atoms with E-state index in [1.165, 1.54) is 6.26 Å². The summed E-state index contributed by atoms with van der Waals surface area (Å²) in [5.41, 5.74) is 2.13. The molecule has 0 radical (unpaired) electrons. The van der Waals surface area contributed by atoms with Crippen LogP contribution in [-0.4, -0.2) is 42.4 Å². The third-order valence-corrected chi connectivity index (χ3v) is 4.95. The van der Waals surface area contributed by atoms with Crippen molar-refractivity contribution in [1.82, 2.24) is 10.2 Å². The first kappa shape index (κ1) is 22.0. The highest BCUT2D eigenvalue weighted by molar-refractivity contribution is 6.04. The van der Waals surface area contributed by atoms with Crippen LogP contribution in [0, 0.1) is 6.92 Å². The molecule has 0 spiro atoms. The van der Waals surface area contributed by atoms with E-state index in [9.17, 15) is 9.59 Å². The topological polar surface area (TPSA) is 74.6 Å². The van der Waals surface area contributed by atoms with Crippen molar-refractivity contribution in [1.29, 1.82) is 0 Å². The molecule has 0 saturated carbocycles. The van der Waals surface area contributed by atoms with Crippen molar-refractivity contribution in [2.24, 2.45) is 0 Å². The molecule has 0 aliphatic carbocycles. The average Bonchev–Trinajstić information content (AvgIpc) is 3.23. The number of carbonyl (C=O) groups is 2. The molecule has 1 aliphatic rings. The summed E-state index contributed by atoms with van der Waals surface area (Å²) < 4.78 is 5.14. The molecule has 2 aromatic rings. The van der Waals surface area contributed by atoms with Crippen molar-refractivity contribution in [3.8, 4) is 0 Å². The Balaban J connectivity index is 0.00000280. The van der Waals surface area contributed by atoms with Crippen LogP contribution in [0.1, 0.15) is 52.7 Å². The number of nitrogens with zero attached hydrogens (tertiary/aromatic N) is 1. The maximum Gasteiger partial charge on any atom is 0.291 e. The van der Waals surface area contributed by atoms with Crippen molar-refractivity contribution in [3.63, 3.8) is 0 Å². The first-order valence-electron chi connectivity index (χ1n) is 9.57. The Hall–Kier alpha value is -2.31. The van der Waals surface area contributed by atoms with Gasteiger partial charge < -0.3 is 20.0 Å². The molecule has 1 fully saturated rings. The highest BCUT2D eigenvalue weighted by Crippen LogP contribution is 2.22. The number of nitrogens with one attached hydrogen (secondary N) is 2. The SMILES string of the molecule is CCCN(C(=O)c1ccc(C)c(NC(=O)c2ccco2)c1)C1CCNCC1.Cl. The number of aryl methyl sites for hydroxylation is 1. The van der Waals surface area contributed by atoms with E-state index in [1.807, 2.05) is 24.0 Å². The highest BCUT2D eigenvalue weighted by Gasteiger charge is 2.26. The van der Waals surface area contributed by atoms with E-state index in [-0.39, 0.29) is 36.0 Å². The van der Waals surface area contributed by atoms with Gasteiger partial charge in [-0.25, -0.2) is 0 Å². The minimum atomic E-state index is -0.323. The van der Waals surface area contributed by atoms with Gasteiger partial charge in [-0.1, -0.05) is 13.0 Å². The molecule has 1 saturated heterocycles. The van der Waals surface area contributed by atoms with Crippen LogP contribution in [0.4, 0.5) is 5.69 Å². The van der Waals surface area contributed by atoms with Crippen molar-refractivity contribution in [2.45, 2.75) is 39.2 Å². The van der Waals surface area contributed by atoms with Gasteiger partial charge in [-0.3, -0.25) is 9.59 Å². The molecule has 6 nitrogen and oxygen atoms in total. The normalized spacial score (nSPS) is 14.2. The average molecular weight is 406 g/mol. The van der Waals surface area contributed by atoms with E-state index in [1.54, 1.807) is 18.2 Å². The summed E-state index contributed by atoms with van der Waals surface area (Å²) in [4.78, 5) is 27.5. The van der Waals surface area contributed by atoms with Gasteiger partial charge in [-0.15, -0.1) is 12.4 Å².